The van der Waals surface area contributed by atoms with E-state index < -0.39 is 0 Å². The standard InChI is InChI=1S/C44H26N4/c45-27-29-20-21-39-38-15-4-8-19-43(38)48(44(39)24-29)40-16-5-1-12-35(40)33-23-30(28-46)22-32(25-33)31-10-9-11-34(26-31)47-41-17-6-2-13-36(41)37-14-3-7-18-42(37)47/h1-26H. The molecule has 0 bridgehead atoms. The molecule has 0 unspecified atom stereocenters. The molecule has 9 aromatic rings. The van der Waals surface area contributed by atoms with E-state index in [-0.39, 0.29) is 0 Å². The molecule has 0 radical (unpaired) electrons. The van der Waals surface area contributed by atoms with Crippen LogP contribution in [0.15, 0.2) is 158 Å². The van der Waals surface area contributed by atoms with Crippen LogP contribution in [0.5, 0.6) is 0 Å². The highest BCUT2D eigenvalue weighted by Gasteiger charge is 2.17. The van der Waals surface area contributed by atoms with Gasteiger partial charge in [0.05, 0.1) is 51.0 Å². The van der Waals surface area contributed by atoms with Crippen molar-refractivity contribution in [1.29, 1.82) is 10.5 Å². The van der Waals surface area contributed by atoms with Gasteiger partial charge in [-0.3, -0.25) is 0 Å². The van der Waals surface area contributed by atoms with Crippen LogP contribution in [0.4, 0.5) is 0 Å². The lowest BCUT2D eigenvalue weighted by Crippen LogP contribution is -1.98. The maximum absolute atomic E-state index is 10.2. The van der Waals surface area contributed by atoms with Gasteiger partial charge in [-0.15, -0.1) is 0 Å². The lowest BCUT2D eigenvalue weighted by Gasteiger charge is -2.16. The number of rotatable bonds is 4. The van der Waals surface area contributed by atoms with Gasteiger partial charge in [-0.2, -0.15) is 10.5 Å². The van der Waals surface area contributed by atoms with Gasteiger partial charge >= 0.3 is 0 Å². The van der Waals surface area contributed by atoms with E-state index in [0.29, 0.717) is 11.1 Å². The lowest BCUT2D eigenvalue weighted by molar-refractivity contribution is 1.18. The number of fused-ring (bicyclic) bond motifs is 6. The first-order chi connectivity index (χ1) is 23.7. The maximum atomic E-state index is 10.2. The first kappa shape index (κ1) is 27.4. The second kappa shape index (κ2) is 10.9. The monoisotopic (exact) mass is 610 g/mol. The molecule has 0 aliphatic rings. The van der Waals surface area contributed by atoms with Crippen LogP contribution in [0.25, 0.3) is 77.2 Å². The van der Waals surface area contributed by atoms with Gasteiger partial charge < -0.3 is 9.13 Å². The van der Waals surface area contributed by atoms with Crippen LogP contribution in [0.3, 0.4) is 0 Å². The van der Waals surface area contributed by atoms with Crippen molar-refractivity contribution in [3.8, 4) is 45.8 Å². The highest BCUT2D eigenvalue weighted by Crippen LogP contribution is 2.39. The molecule has 4 heteroatoms. The first-order valence-electron chi connectivity index (χ1n) is 15.9. The highest BCUT2D eigenvalue weighted by molar-refractivity contribution is 6.10. The smallest absolute Gasteiger partial charge is 0.0992 e. The Kier molecular flexibility index (Phi) is 6.22. The predicted molar refractivity (Wildman–Crippen MR) is 195 cm³/mol. The molecule has 0 saturated carbocycles. The summed E-state index contributed by atoms with van der Waals surface area (Å²) in [5.41, 5.74) is 11.5. The zero-order chi connectivity index (χ0) is 32.2. The summed E-state index contributed by atoms with van der Waals surface area (Å²) < 4.78 is 4.55. The van der Waals surface area contributed by atoms with E-state index in [1.807, 2.05) is 54.6 Å². The summed E-state index contributed by atoms with van der Waals surface area (Å²) in [5, 5.41) is 24.6. The van der Waals surface area contributed by atoms with E-state index in [4.69, 9.17) is 0 Å². The van der Waals surface area contributed by atoms with E-state index in [0.717, 1.165) is 66.5 Å². The molecule has 0 aliphatic heterocycles. The Morgan fingerprint density at radius 3 is 1.65 bits per heavy atom. The molecule has 2 aromatic heterocycles. The molecular weight excluding hydrogens is 585 g/mol. The molecule has 222 valence electrons. The van der Waals surface area contributed by atoms with Crippen molar-refractivity contribution >= 4 is 43.6 Å². The Hall–Kier alpha value is -6.88. The fraction of sp³-hybridized carbons (Fsp3) is 0. The van der Waals surface area contributed by atoms with E-state index in [1.165, 1.54) is 10.8 Å². The van der Waals surface area contributed by atoms with E-state index in [1.54, 1.807) is 0 Å². The first-order valence-corrected chi connectivity index (χ1v) is 15.9. The maximum Gasteiger partial charge on any atom is 0.0992 e. The lowest BCUT2D eigenvalue weighted by atomic mass is 9.95. The number of nitrogens with zero attached hydrogens (tertiary/aromatic N) is 4. The van der Waals surface area contributed by atoms with Gasteiger partial charge in [-0.25, -0.2) is 0 Å². The van der Waals surface area contributed by atoms with E-state index >= 15 is 0 Å². The molecular formula is C44H26N4. The quantitative estimate of drug-likeness (QED) is 0.199. The molecule has 4 nitrogen and oxygen atoms in total. The van der Waals surface area contributed by atoms with Crippen LogP contribution >= 0.6 is 0 Å². The van der Waals surface area contributed by atoms with Gasteiger partial charge in [-0.05, 0) is 83.4 Å². The summed E-state index contributed by atoms with van der Waals surface area (Å²) in [4.78, 5) is 0. The Bertz CT molecular complexity index is 2760. The van der Waals surface area contributed by atoms with Crippen molar-refractivity contribution < 1.29 is 0 Å². The van der Waals surface area contributed by atoms with Gasteiger partial charge in [0.25, 0.3) is 0 Å². The van der Waals surface area contributed by atoms with Crippen molar-refractivity contribution in [2.75, 3.05) is 0 Å². The van der Waals surface area contributed by atoms with Crippen molar-refractivity contribution in [2.45, 2.75) is 0 Å². The minimum atomic E-state index is 0.591. The fourth-order valence-corrected chi connectivity index (χ4v) is 7.25. The third-order valence-corrected chi connectivity index (χ3v) is 9.34. The zero-order valence-corrected chi connectivity index (χ0v) is 25.8. The minimum absolute atomic E-state index is 0.591. The Morgan fingerprint density at radius 2 is 0.958 bits per heavy atom. The summed E-state index contributed by atoms with van der Waals surface area (Å²) in [6, 6.07) is 58.9. The van der Waals surface area contributed by atoms with Crippen LogP contribution in [0, 0.1) is 22.7 Å². The number of aromatic nitrogens is 2. The fourth-order valence-electron chi connectivity index (χ4n) is 7.25. The topological polar surface area (TPSA) is 57.4 Å². The summed E-state index contributed by atoms with van der Waals surface area (Å²) in [6.45, 7) is 0. The minimum Gasteiger partial charge on any atom is -0.309 e. The molecule has 0 saturated heterocycles. The molecule has 9 rings (SSSR count). The number of benzene rings is 7. The largest absolute Gasteiger partial charge is 0.309 e. The second-order valence-electron chi connectivity index (χ2n) is 12.0. The van der Waals surface area contributed by atoms with Gasteiger partial charge in [0, 0.05) is 32.8 Å². The Morgan fingerprint density at radius 1 is 0.375 bits per heavy atom. The predicted octanol–water partition coefficient (Wildman–Crippen LogP) is 11.0. The van der Waals surface area contributed by atoms with Crippen LogP contribution in [-0.4, -0.2) is 9.13 Å². The zero-order valence-electron chi connectivity index (χ0n) is 25.8. The van der Waals surface area contributed by atoms with Crippen LogP contribution in [-0.2, 0) is 0 Å². The second-order valence-corrected chi connectivity index (χ2v) is 12.0. The molecule has 0 atom stereocenters. The molecule has 0 amide bonds. The third kappa shape index (κ3) is 4.22. The molecule has 7 aromatic carbocycles. The van der Waals surface area contributed by atoms with Gasteiger partial charge in [0.2, 0.25) is 0 Å². The molecule has 48 heavy (non-hydrogen) atoms. The summed E-state index contributed by atoms with van der Waals surface area (Å²) in [5.74, 6) is 0. The Labute approximate surface area is 277 Å². The third-order valence-electron chi connectivity index (χ3n) is 9.34. The summed E-state index contributed by atoms with van der Waals surface area (Å²) in [6.07, 6.45) is 0. The summed E-state index contributed by atoms with van der Waals surface area (Å²) in [7, 11) is 0. The van der Waals surface area contributed by atoms with Gasteiger partial charge in [0.15, 0.2) is 0 Å². The van der Waals surface area contributed by atoms with Crippen molar-refractivity contribution in [3.63, 3.8) is 0 Å². The average molecular weight is 611 g/mol. The van der Waals surface area contributed by atoms with E-state index in [9.17, 15) is 10.5 Å². The molecule has 0 aliphatic carbocycles. The summed E-state index contributed by atoms with van der Waals surface area (Å²) >= 11 is 0. The molecule has 0 fully saturated rings. The van der Waals surface area contributed by atoms with Crippen LogP contribution in [0.2, 0.25) is 0 Å². The SMILES string of the molecule is N#Cc1cc(-c2cccc(-n3c4ccccc4c4ccccc43)c2)cc(-c2ccccc2-n2c3ccccc3c3ccc(C#N)cc32)c1. The van der Waals surface area contributed by atoms with Crippen molar-refractivity contribution in [1.82, 2.24) is 9.13 Å². The van der Waals surface area contributed by atoms with Gasteiger partial charge in [0.1, 0.15) is 0 Å². The van der Waals surface area contributed by atoms with Crippen molar-refractivity contribution in [3.05, 3.63) is 169 Å². The van der Waals surface area contributed by atoms with Crippen molar-refractivity contribution in [2.24, 2.45) is 0 Å². The highest BCUT2D eigenvalue weighted by atomic mass is 15.0. The Balaban J connectivity index is 1.24. The number of hydrogen-bond donors (Lipinski definition) is 0. The number of hydrogen-bond acceptors (Lipinski definition) is 2. The number of para-hydroxylation sites is 4. The normalized spacial score (nSPS) is 11.3. The van der Waals surface area contributed by atoms with E-state index in [2.05, 4.69) is 124 Å². The molecule has 0 spiro atoms. The average Bonchev–Trinajstić information content (AvgIpc) is 3.67. The molecule has 0 N–H and O–H groups in total. The van der Waals surface area contributed by atoms with Crippen LogP contribution in [0.1, 0.15) is 11.1 Å². The van der Waals surface area contributed by atoms with Gasteiger partial charge in [-0.1, -0.05) is 91.0 Å². The van der Waals surface area contributed by atoms with Crippen LogP contribution < -0.4 is 0 Å². The number of nitriles is 2. The molecule has 2 heterocycles.